The summed E-state index contributed by atoms with van der Waals surface area (Å²) >= 11 is 0. The summed E-state index contributed by atoms with van der Waals surface area (Å²) in [6.45, 7) is 7.59. The number of carbonyl (C=O) groups excluding carboxylic acids is 3. The molecule has 3 amide bonds. The molecule has 0 aromatic heterocycles. The van der Waals surface area contributed by atoms with Gasteiger partial charge in [-0.2, -0.15) is 10.4 Å². The summed E-state index contributed by atoms with van der Waals surface area (Å²) in [4.78, 5) is 39.0. The number of amides is 3. The largest absolute Gasteiger partial charge is 0.385 e. The number of nitrogens with two attached hydrogens (primary N) is 1. The number of nitriles is 1. The minimum absolute atomic E-state index is 0.138. The van der Waals surface area contributed by atoms with E-state index in [1.54, 1.807) is 26.2 Å². The molecule has 11 nitrogen and oxygen atoms in total. The number of hydrazone groups is 1. The molecular formula is C33H42N8O3. The van der Waals surface area contributed by atoms with Crippen LogP contribution in [-0.4, -0.2) is 80.3 Å². The first kappa shape index (κ1) is 32.2. The minimum atomic E-state index is -1.02. The van der Waals surface area contributed by atoms with E-state index in [0.717, 1.165) is 52.3 Å². The first-order valence-corrected chi connectivity index (χ1v) is 14.9. The Balaban J connectivity index is 1.86. The smallest absolute Gasteiger partial charge is 0.251 e. The van der Waals surface area contributed by atoms with Crippen LogP contribution in [0, 0.1) is 11.3 Å². The fraction of sp³-hybridized carbons (Fsp3) is 0.424. The van der Waals surface area contributed by atoms with Crippen LogP contribution in [0.4, 0.5) is 0 Å². The van der Waals surface area contributed by atoms with Crippen LogP contribution in [0.25, 0.3) is 0 Å². The normalized spacial score (nSPS) is 17.8. The highest BCUT2D eigenvalue weighted by Crippen LogP contribution is 2.44. The minimum Gasteiger partial charge on any atom is -0.385 e. The van der Waals surface area contributed by atoms with E-state index in [1.807, 2.05) is 24.3 Å². The van der Waals surface area contributed by atoms with Gasteiger partial charge in [0.2, 0.25) is 6.41 Å². The Morgan fingerprint density at radius 1 is 1.16 bits per heavy atom. The Morgan fingerprint density at radius 2 is 1.73 bits per heavy atom. The van der Waals surface area contributed by atoms with Gasteiger partial charge in [0.05, 0.1) is 11.5 Å². The van der Waals surface area contributed by atoms with Crippen LogP contribution < -0.4 is 21.7 Å². The fourth-order valence-corrected chi connectivity index (χ4v) is 6.50. The van der Waals surface area contributed by atoms with Crippen LogP contribution in [0.15, 0.2) is 53.8 Å². The molecule has 11 heteroatoms. The molecule has 0 spiro atoms. The lowest BCUT2D eigenvalue weighted by Crippen LogP contribution is -2.49. The van der Waals surface area contributed by atoms with E-state index in [2.05, 4.69) is 45.5 Å². The molecule has 0 saturated carbocycles. The molecule has 1 saturated heterocycles. The molecule has 5 N–H and O–H groups in total. The van der Waals surface area contributed by atoms with Gasteiger partial charge in [0, 0.05) is 57.1 Å². The van der Waals surface area contributed by atoms with E-state index < -0.39 is 5.41 Å². The van der Waals surface area contributed by atoms with Crippen molar-refractivity contribution >= 4 is 24.1 Å². The molecular weight excluding hydrogens is 556 g/mol. The first-order valence-electron chi connectivity index (χ1n) is 14.9. The number of aryl methyl sites for hydroxylation is 2. The van der Waals surface area contributed by atoms with Gasteiger partial charge in [0.1, 0.15) is 11.9 Å². The monoisotopic (exact) mass is 598 g/mol. The molecule has 44 heavy (non-hydrogen) atoms. The van der Waals surface area contributed by atoms with E-state index in [0.29, 0.717) is 43.3 Å². The number of hydrogen-bond donors (Lipinski definition) is 4. The lowest BCUT2D eigenvalue weighted by molar-refractivity contribution is -0.117. The molecule has 0 radical (unpaired) electrons. The Hall–Kier alpha value is -4.69. The Kier molecular flexibility index (Phi) is 10.1. The molecule has 1 aliphatic carbocycles. The predicted molar refractivity (Wildman–Crippen MR) is 170 cm³/mol. The summed E-state index contributed by atoms with van der Waals surface area (Å²) in [5.41, 5.74) is 11.5. The van der Waals surface area contributed by atoms with Gasteiger partial charge in [0.25, 0.3) is 11.8 Å². The van der Waals surface area contributed by atoms with Gasteiger partial charge in [-0.05, 0) is 85.5 Å². The zero-order valence-corrected chi connectivity index (χ0v) is 25.9. The van der Waals surface area contributed by atoms with E-state index >= 15 is 0 Å². The average Bonchev–Trinajstić information content (AvgIpc) is 3.48. The number of nitrogens with zero attached hydrogens (tertiary/aromatic N) is 4. The van der Waals surface area contributed by atoms with E-state index in [-0.39, 0.29) is 29.7 Å². The van der Waals surface area contributed by atoms with Gasteiger partial charge in [-0.1, -0.05) is 18.7 Å². The maximum absolute atomic E-state index is 12.6. The third-order valence-corrected chi connectivity index (χ3v) is 8.70. The second-order valence-corrected chi connectivity index (χ2v) is 11.5. The van der Waals surface area contributed by atoms with Gasteiger partial charge in [-0.3, -0.25) is 14.4 Å². The Morgan fingerprint density at radius 3 is 2.23 bits per heavy atom. The highest BCUT2D eigenvalue weighted by atomic mass is 16.2. The van der Waals surface area contributed by atoms with Gasteiger partial charge in [-0.15, -0.1) is 0 Å². The van der Waals surface area contributed by atoms with Crippen molar-refractivity contribution in [3.63, 3.8) is 0 Å². The lowest BCUT2D eigenvalue weighted by Gasteiger charge is -2.39. The molecule has 2 aromatic carbocycles. The van der Waals surface area contributed by atoms with Gasteiger partial charge in [-0.25, -0.2) is 5.01 Å². The number of hydrogen-bond acceptors (Lipinski definition) is 7. The van der Waals surface area contributed by atoms with Crippen molar-refractivity contribution in [3.05, 3.63) is 82.1 Å². The van der Waals surface area contributed by atoms with E-state index in [4.69, 9.17) is 5.73 Å². The molecule has 1 heterocycles. The second-order valence-electron chi connectivity index (χ2n) is 11.5. The maximum Gasteiger partial charge on any atom is 0.251 e. The quantitative estimate of drug-likeness (QED) is 0.133. The van der Waals surface area contributed by atoms with E-state index in [1.165, 1.54) is 7.05 Å². The van der Waals surface area contributed by atoms with Crippen LogP contribution in [-0.2, 0) is 23.1 Å². The topological polar surface area (TPSA) is 156 Å². The van der Waals surface area contributed by atoms with Gasteiger partial charge >= 0.3 is 0 Å². The van der Waals surface area contributed by atoms with Crippen LogP contribution in [0.5, 0.6) is 0 Å². The lowest BCUT2D eigenvalue weighted by atomic mass is 9.67. The molecule has 2 aromatic rings. The summed E-state index contributed by atoms with van der Waals surface area (Å²) in [6.07, 6.45) is 4.03. The van der Waals surface area contributed by atoms with E-state index in [9.17, 15) is 19.6 Å². The van der Waals surface area contributed by atoms with Gasteiger partial charge < -0.3 is 26.6 Å². The third-order valence-electron chi connectivity index (χ3n) is 8.70. The highest BCUT2D eigenvalue weighted by Gasteiger charge is 2.45. The first-order chi connectivity index (χ1) is 21.1. The summed E-state index contributed by atoms with van der Waals surface area (Å²) in [7, 11) is 4.72. The van der Waals surface area contributed by atoms with Crippen molar-refractivity contribution in [1.29, 1.82) is 5.26 Å². The number of amidine groups is 1. The maximum atomic E-state index is 12.6. The van der Waals surface area contributed by atoms with Crippen molar-refractivity contribution in [2.75, 3.05) is 34.2 Å². The molecule has 1 aliphatic heterocycles. The van der Waals surface area contributed by atoms with Crippen LogP contribution >= 0.6 is 0 Å². The molecule has 2 atom stereocenters. The van der Waals surface area contributed by atoms with Crippen molar-refractivity contribution in [2.45, 2.75) is 56.5 Å². The van der Waals surface area contributed by atoms with Crippen molar-refractivity contribution in [2.24, 2.45) is 10.8 Å². The molecule has 0 bridgehead atoms. The predicted octanol–water partition coefficient (Wildman–Crippen LogP) is 2.02. The van der Waals surface area contributed by atoms with Crippen LogP contribution in [0.3, 0.4) is 0 Å². The highest BCUT2D eigenvalue weighted by molar-refractivity contribution is 5.99. The molecule has 2 aliphatic rings. The van der Waals surface area contributed by atoms with Crippen molar-refractivity contribution < 1.29 is 14.4 Å². The number of carbonyl (C=O) groups is 3. The number of benzene rings is 2. The third kappa shape index (κ3) is 6.31. The summed E-state index contributed by atoms with van der Waals surface area (Å²) < 4.78 is 0. The van der Waals surface area contributed by atoms with Gasteiger partial charge in [0.15, 0.2) is 0 Å². The molecule has 232 valence electrons. The molecule has 4 rings (SSSR count). The Labute approximate surface area is 259 Å². The van der Waals surface area contributed by atoms with Crippen LogP contribution in [0.2, 0.25) is 0 Å². The summed E-state index contributed by atoms with van der Waals surface area (Å²) in [6, 6.07) is 13.3. The molecule has 1 unspecified atom stereocenters. The second kappa shape index (κ2) is 13.7. The standard InChI is InChI=1S/C33H42N8O3/c1-21(38-19-22(2)41-14-6-7-27(41)18-34)17-33(32(35)39-40(5)20-42)28-12-10-25(30(43)36-3)15-23(28)8-9-24-16-26(31(44)37-4)11-13-29(24)33/h10-13,15-16,20-21,27,38H,2,6-9,14,17,19H2,1,3-5H3,(H2,35,39)(H,36,43)(H,37,44)/t21-,27?/m0/s1. The number of nitrogens with one attached hydrogen (secondary N) is 3. The molecule has 1 fully saturated rings. The summed E-state index contributed by atoms with van der Waals surface area (Å²) in [5.74, 6) is -0.181. The SMILES string of the molecule is C=C(CN[C@@H](C)CC1(/C(N)=N/N(C)C=O)c2ccc(C(=O)NC)cc2CCc2cc(C(=O)NC)ccc21)N1CCCC1C#N. The average molecular weight is 599 g/mol. The number of rotatable bonds is 11. The number of fused-ring (bicyclic) bond motifs is 2. The van der Waals surface area contributed by atoms with Crippen molar-refractivity contribution in [3.8, 4) is 6.07 Å². The number of likely N-dealkylation sites (tertiary alicyclic amines) is 1. The Bertz CT molecular complexity index is 1440. The summed E-state index contributed by atoms with van der Waals surface area (Å²) in [5, 5.41) is 24.2. The van der Waals surface area contributed by atoms with Crippen molar-refractivity contribution in [1.82, 2.24) is 25.9 Å². The zero-order chi connectivity index (χ0) is 32.0. The zero-order valence-electron chi connectivity index (χ0n) is 25.9. The fourth-order valence-electron chi connectivity index (χ4n) is 6.50. The van der Waals surface area contributed by atoms with Crippen LogP contribution in [0.1, 0.15) is 69.2 Å².